The molecule has 4 heteroatoms. The minimum atomic E-state index is -0.256. The minimum absolute atomic E-state index is 0.256. The highest BCUT2D eigenvalue weighted by Gasteiger charge is 2.16. The van der Waals surface area contributed by atoms with Gasteiger partial charge in [0.2, 0.25) is 0 Å². The van der Waals surface area contributed by atoms with E-state index >= 15 is 0 Å². The maximum atomic E-state index is 9.42. The SMILES string of the molecule is COc1ccc(Cl)cc1C(C#N)CCCOc1ccccc1. The van der Waals surface area contributed by atoms with Crippen LogP contribution >= 0.6 is 11.6 Å². The first-order valence-electron chi connectivity index (χ1n) is 7.15. The summed E-state index contributed by atoms with van der Waals surface area (Å²) in [5.74, 6) is 1.28. The Bertz CT molecular complexity index is 637. The summed E-state index contributed by atoms with van der Waals surface area (Å²) in [4.78, 5) is 0. The van der Waals surface area contributed by atoms with Crippen LogP contribution in [-0.2, 0) is 0 Å². The highest BCUT2D eigenvalue weighted by Crippen LogP contribution is 2.32. The highest BCUT2D eigenvalue weighted by molar-refractivity contribution is 6.30. The number of ether oxygens (including phenoxy) is 2. The molecular formula is C18H18ClNO2. The van der Waals surface area contributed by atoms with Crippen LogP contribution in [0.15, 0.2) is 48.5 Å². The monoisotopic (exact) mass is 315 g/mol. The van der Waals surface area contributed by atoms with E-state index in [9.17, 15) is 5.26 Å². The minimum Gasteiger partial charge on any atom is -0.496 e. The summed E-state index contributed by atoms with van der Waals surface area (Å²) in [5, 5.41) is 10.0. The first-order valence-corrected chi connectivity index (χ1v) is 7.53. The third-order valence-electron chi connectivity index (χ3n) is 3.37. The molecule has 0 saturated heterocycles. The molecule has 2 aromatic rings. The molecule has 2 rings (SSSR count). The van der Waals surface area contributed by atoms with Crippen molar-refractivity contribution < 1.29 is 9.47 Å². The number of benzene rings is 2. The molecule has 114 valence electrons. The van der Waals surface area contributed by atoms with Gasteiger partial charge >= 0.3 is 0 Å². The lowest BCUT2D eigenvalue weighted by atomic mass is 9.95. The summed E-state index contributed by atoms with van der Waals surface area (Å²) in [6, 6.07) is 17.3. The Morgan fingerprint density at radius 1 is 1.18 bits per heavy atom. The van der Waals surface area contributed by atoms with Crippen molar-refractivity contribution in [2.24, 2.45) is 0 Å². The summed E-state index contributed by atoms with van der Waals surface area (Å²) in [5.41, 5.74) is 0.831. The maximum Gasteiger partial charge on any atom is 0.123 e. The van der Waals surface area contributed by atoms with E-state index in [0.29, 0.717) is 23.8 Å². The van der Waals surface area contributed by atoms with Gasteiger partial charge in [-0.15, -0.1) is 0 Å². The standard InChI is InChI=1S/C18H18ClNO2/c1-21-18-10-9-15(19)12-17(18)14(13-20)6-5-11-22-16-7-3-2-4-8-16/h2-4,7-10,12,14H,5-6,11H2,1H3. The number of para-hydroxylation sites is 1. The van der Waals surface area contributed by atoms with Gasteiger partial charge < -0.3 is 9.47 Å². The Kier molecular flexibility index (Phi) is 6.12. The first kappa shape index (κ1) is 16.2. The van der Waals surface area contributed by atoms with E-state index in [-0.39, 0.29) is 5.92 Å². The smallest absolute Gasteiger partial charge is 0.123 e. The molecule has 0 spiro atoms. The number of hydrogen-bond acceptors (Lipinski definition) is 3. The van der Waals surface area contributed by atoms with Crippen LogP contribution in [0.25, 0.3) is 0 Å². The van der Waals surface area contributed by atoms with Crippen molar-refractivity contribution in [2.75, 3.05) is 13.7 Å². The van der Waals surface area contributed by atoms with E-state index in [2.05, 4.69) is 6.07 Å². The molecule has 22 heavy (non-hydrogen) atoms. The summed E-state index contributed by atoms with van der Waals surface area (Å²) in [6.07, 6.45) is 1.48. The number of methoxy groups -OCH3 is 1. The highest BCUT2D eigenvalue weighted by atomic mass is 35.5. The molecule has 0 N–H and O–H groups in total. The second-order valence-electron chi connectivity index (χ2n) is 4.87. The van der Waals surface area contributed by atoms with E-state index in [1.165, 1.54) is 0 Å². The first-order chi connectivity index (χ1) is 10.7. The number of nitriles is 1. The Labute approximate surface area is 136 Å². The fourth-order valence-corrected chi connectivity index (χ4v) is 2.44. The van der Waals surface area contributed by atoms with Crippen LogP contribution in [-0.4, -0.2) is 13.7 Å². The van der Waals surface area contributed by atoms with E-state index in [4.69, 9.17) is 21.1 Å². The molecule has 0 fully saturated rings. The van der Waals surface area contributed by atoms with Crippen LogP contribution in [0.3, 0.4) is 0 Å². The van der Waals surface area contributed by atoms with Crippen LogP contribution in [0.5, 0.6) is 11.5 Å². The fourth-order valence-electron chi connectivity index (χ4n) is 2.26. The van der Waals surface area contributed by atoms with E-state index in [1.807, 2.05) is 30.3 Å². The Balaban J connectivity index is 1.93. The van der Waals surface area contributed by atoms with E-state index in [1.54, 1.807) is 25.3 Å². The Hall–Kier alpha value is -2.18. The van der Waals surface area contributed by atoms with Gasteiger partial charge in [-0.2, -0.15) is 5.26 Å². The fraction of sp³-hybridized carbons (Fsp3) is 0.278. The summed E-state index contributed by atoms with van der Waals surface area (Å²) in [6.45, 7) is 0.574. The van der Waals surface area contributed by atoms with Crippen molar-refractivity contribution in [3.05, 3.63) is 59.1 Å². The number of nitrogens with zero attached hydrogens (tertiary/aromatic N) is 1. The van der Waals surface area contributed by atoms with Gasteiger partial charge in [-0.1, -0.05) is 29.8 Å². The largest absolute Gasteiger partial charge is 0.496 e. The van der Waals surface area contributed by atoms with Crippen LogP contribution < -0.4 is 9.47 Å². The Morgan fingerprint density at radius 2 is 1.95 bits per heavy atom. The predicted molar refractivity (Wildman–Crippen MR) is 87.5 cm³/mol. The lowest BCUT2D eigenvalue weighted by Crippen LogP contribution is -2.03. The average molecular weight is 316 g/mol. The van der Waals surface area contributed by atoms with Gasteiger partial charge in [0.25, 0.3) is 0 Å². The molecular weight excluding hydrogens is 298 g/mol. The maximum absolute atomic E-state index is 9.42. The molecule has 0 aromatic heterocycles. The van der Waals surface area contributed by atoms with Crippen LogP contribution in [0.2, 0.25) is 5.02 Å². The lowest BCUT2D eigenvalue weighted by molar-refractivity contribution is 0.304. The molecule has 3 nitrogen and oxygen atoms in total. The number of rotatable bonds is 7. The summed E-state index contributed by atoms with van der Waals surface area (Å²) < 4.78 is 11.0. The molecule has 0 saturated carbocycles. The van der Waals surface area contributed by atoms with Crippen molar-refractivity contribution in [3.8, 4) is 17.6 Å². The predicted octanol–water partition coefficient (Wildman–Crippen LogP) is 4.81. The normalized spacial score (nSPS) is 11.5. The molecule has 1 atom stereocenters. The van der Waals surface area contributed by atoms with Gasteiger partial charge in [-0.3, -0.25) is 0 Å². The van der Waals surface area contributed by atoms with E-state index < -0.39 is 0 Å². The zero-order valence-corrected chi connectivity index (χ0v) is 13.2. The number of hydrogen-bond donors (Lipinski definition) is 0. The molecule has 0 radical (unpaired) electrons. The van der Waals surface area contributed by atoms with E-state index in [0.717, 1.165) is 17.7 Å². The summed E-state index contributed by atoms with van der Waals surface area (Å²) in [7, 11) is 1.60. The molecule has 0 aliphatic carbocycles. The molecule has 0 amide bonds. The van der Waals surface area contributed by atoms with Crippen LogP contribution in [0, 0.1) is 11.3 Å². The van der Waals surface area contributed by atoms with Crippen molar-refractivity contribution >= 4 is 11.6 Å². The Morgan fingerprint density at radius 3 is 2.64 bits per heavy atom. The summed E-state index contributed by atoms with van der Waals surface area (Å²) >= 11 is 6.03. The molecule has 0 aliphatic rings. The van der Waals surface area contributed by atoms with Gasteiger partial charge in [0, 0.05) is 10.6 Å². The number of halogens is 1. The molecule has 0 bridgehead atoms. The third kappa shape index (κ3) is 4.41. The lowest BCUT2D eigenvalue weighted by Gasteiger charge is -2.14. The molecule has 0 aliphatic heterocycles. The second-order valence-corrected chi connectivity index (χ2v) is 5.31. The van der Waals surface area contributed by atoms with Crippen LogP contribution in [0.1, 0.15) is 24.3 Å². The topological polar surface area (TPSA) is 42.2 Å². The quantitative estimate of drug-likeness (QED) is 0.688. The molecule has 1 unspecified atom stereocenters. The molecule has 0 heterocycles. The van der Waals surface area contributed by atoms with Gasteiger partial charge in [0.1, 0.15) is 11.5 Å². The average Bonchev–Trinajstić information content (AvgIpc) is 2.56. The van der Waals surface area contributed by atoms with Crippen molar-refractivity contribution in [3.63, 3.8) is 0 Å². The van der Waals surface area contributed by atoms with Crippen molar-refractivity contribution in [2.45, 2.75) is 18.8 Å². The molecule has 2 aromatic carbocycles. The second kappa shape index (κ2) is 8.31. The zero-order valence-electron chi connectivity index (χ0n) is 12.5. The van der Waals surface area contributed by atoms with Crippen molar-refractivity contribution in [1.29, 1.82) is 5.26 Å². The van der Waals surface area contributed by atoms with Gasteiger partial charge in [-0.25, -0.2) is 0 Å². The van der Waals surface area contributed by atoms with Crippen LogP contribution in [0.4, 0.5) is 0 Å². The van der Waals surface area contributed by atoms with Crippen molar-refractivity contribution in [1.82, 2.24) is 0 Å². The van der Waals surface area contributed by atoms with Gasteiger partial charge in [-0.05, 0) is 43.2 Å². The van der Waals surface area contributed by atoms with Gasteiger partial charge in [0.15, 0.2) is 0 Å². The third-order valence-corrected chi connectivity index (χ3v) is 3.61. The zero-order chi connectivity index (χ0) is 15.8. The van der Waals surface area contributed by atoms with Gasteiger partial charge in [0.05, 0.1) is 25.7 Å².